The number of carbonyl (C=O) groups is 1. The molecular formula is C13H19N5O. The zero-order valence-electron chi connectivity index (χ0n) is 10.9. The van der Waals surface area contributed by atoms with Crippen LogP contribution in [0.4, 0.5) is 0 Å². The van der Waals surface area contributed by atoms with Crippen LogP contribution < -0.4 is 5.73 Å². The predicted octanol–water partition coefficient (Wildman–Crippen LogP) is 0.814. The monoisotopic (exact) mass is 261 g/mol. The van der Waals surface area contributed by atoms with Gasteiger partial charge in [0.05, 0.1) is 5.41 Å². The Hall–Kier alpha value is -1.46. The van der Waals surface area contributed by atoms with Crippen LogP contribution in [0.1, 0.15) is 44.3 Å². The standard InChI is InChI=1S/C13H19N5O/c14-11(19)13-4-8-1-9(5-13)3-12(2-8,7-13)6-10-15-17-18-16-10/h8-9H,1-7H2,(H2,14,19)(H,15,16,17,18). The smallest absolute Gasteiger partial charge is 0.223 e. The van der Waals surface area contributed by atoms with E-state index in [1.165, 1.54) is 19.3 Å². The molecule has 0 radical (unpaired) electrons. The quantitative estimate of drug-likeness (QED) is 0.841. The van der Waals surface area contributed by atoms with Crippen LogP contribution in [0.5, 0.6) is 0 Å². The van der Waals surface area contributed by atoms with Gasteiger partial charge in [0.1, 0.15) is 0 Å². The minimum absolute atomic E-state index is 0.0842. The maximum Gasteiger partial charge on any atom is 0.223 e. The lowest BCUT2D eigenvalue weighted by Crippen LogP contribution is -2.57. The number of tetrazole rings is 1. The van der Waals surface area contributed by atoms with E-state index >= 15 is 0 Å². The fourth-order valence-corrected chi connectivity index (χ4v) is 5.54. The van der Waals surface area contributed by atoms with Crippen molar-refractivity contribution in [3.05, 3.63) is 5.82 Å². The maximum atomic E-state index is 12.0. The molecule has 1 heterocycles. The van der Waals surface area contributed by atoms with Gasteiger partial charge in [0.2, 0.25) is 5.91 Å². The second kappa shape index (κ2) is 3.55. The number of nitrogens with two attached hydrogens (primary N) is 1. The Morgan fingerprint density at radius 2 is 2.05 bits per heavy atom. The van der Waals surface area contributed by atoms with Gasteiger partial charge in [-0.25, -0.2) is 0 Å². The molecule has 1 aromatic heterocycles. The van der Waals surface area contributed by atoms with Crippen molar-refractivity contribution in [2.75, 3.05) is 0 Å². The van der Waals surface area contributed by atoms with E-state index in [2.05, 4.69) is 20.6 Å². The number of primary amides is 1. The van der Waals surface area contributed by atoms with Crippen LogP contribution in [-0.4, -0.2) is 26.5 Å². The van der Waals surface area contributed by atoms with Gasteiger partial charge in [-0.1, -0.05) is 5.21 Å². The molecule has 102 valence electrons. The maximum absolute atomic E-state index is 12.0. The molecule has 0 saturated heterocycles. The number of aromatic nitrogens is 4. The summed E-state index contributed by atoms with van der Waals surface area (Å²) in [5, 5.41) is 14.4. The van der Waals surface area contributed by atoms with Crippen LogP contribution in [0.25, 0.3) is 0 Å². The van der Waals surface area contributed by atoms with Gasteiger partial charge in [-0.05, 0) is 55.8 Å². The van der Waals surface area contributed by atoms with Gasteiger partial charge >= 0.3 is 0 Å². The van der Waals surface area contributed by atoms with Crippen LogP contribution in [-0.2, 0) is 11.2 Å². The van der Waals surface area contributed by atoms with Gasteiger partial charge in [-0.2, -0.15) is 5.21 Å². The molecule has 1 aromatic rings. The summed E-state index contributed by atoms with van der Waals surface area (Å²) in [6.45, 7) is 0. The molecule has 19 heavy (non-hydrogen) atoms. The molecule has 3 N–H and O–H groups in total. The highest BCUT2D eigenvalue weighted by molar-refractivity contribution is 5.81. The van der Waals surface area contributed by atoms with Crippen molar-refractivity contribution in [3.63, 3.8) is 0 Å². The fraction of sp³-hybridized carbons (Fsp3) is 0.846. The number of amides is 1. The molecule has 4 fully saturated rings. The number of H-pyrrole nitrogens is 1. The fourth-order valence-electron chi connectivity index (χ4n) is 5.54. The first-order valence-corrected chi connectivity index (χ1v) is 7.12. The number of carbonyl (C=O) groups excluding carboxylic acids is 1. The first-order valence-electron chi connectivity index (χ1n) is 7.12. The second-order valence-corrected chi connectivity index (χ2v) is 7.11. The number of nitrogens with one attached hydrogen (secondary N) is 1. The third-order valence-electron chi connectivity index (χ3n) is 5.63. The average molecular weight is 261 g/mol. The Morgan fingerprint density at radius 1 is 1.32 bits per heavy atom. The zero-order chi connectivity index (χ0) is 13.1. The van der Waals surface area contributed by atoms with E-state index in [1.807, 2.05) is 0 Å². The summed E-state index contributed by atoms with van der Waals surface area (Å²) in [5.41, 5.74) is 5.68. The lowest BCUT2D eigenvalue weighted by molar-refractivity contribution is -0.154. The Labute approximate surface area is 111 Å². The van der Waals surface area contributed by atoms with E-state index in [0.29, 0.717) is 11.8 Å². The van der Waals surface area contributed by atoms with Gasteiger partial charge in [0, 0.05) is 6.42 Å². The van der Waals surface area contributed by atoms with E-state index in [0.717, 1.165) is 31.5 Å². The summed E-state index contributed by atoms with van der Waals surface area (Å²) in [7, 11) is 0. The largest absolute Gasteiger partial charge is 0.369 e. The van der Waals surface area contributed by atoms with E-state index < -0.39 is 0 Å². The van der Waals surface area contributed by atoms with Crippen molar-refractivity contribution in [2.24, 2.45) is 28.4 Å². The van der Waals surface area contributed by atoms with Crippen LogP contribution in [0.2, 0.25) is 0 Å². The third-order valence-corrected chi connectivity index (χ3v) is 5.63. The molecule has 2 unspecified atom stereocenters. The van der Waals surface area contributed by atoms with Crippen molar-refractivity contribution >= 4 is 5.91 Å². The summed E-state index contributed by atoms with van der Waals surface area (Å²) >= 11 is 0. The summed E-state index contributed by atoms with van der Waals surface area (Å²) in [6.07, 6.45) is 7.46. The molecular weight excluding hydrogens is 242 g/mol. The molecule has 0 aromatic carbocycles. The van der Waals surface area contributed by atoms with Crippen molar-refractivity contribution in [1.82, 2.24) is 20.6 Å². The van der Waals surface area contributed by atoms with Crippen LogP contribution >= 0.6 is 0 Å². The normalized spacial score (nSPS) is 43.6. The molecule has 6 nitrogen and oxygen atoms in total. The molecule has 4 bridgehead atoms. The van der Waals surface area contributed by atoms with E-state index in [1.54, 1.807) is 0 Å². The number of hydrogen-bond donors (Lipinski definition) is 2. The molecule has 4 aliphatic carbocycles. The number of nitrogens with zero attached hydrogens (tertiary/aromatic N) is 3. The lowest BCUT2D eigenvalue weighted by Gasteiger charge is -2.61. The molecule has 1 amide bonds. The zero-order valence-corrected chi connectivity index (χ0v) is 10.9. The SMILES string of the molecule is NC(=O)C12CC3CC(CC(Cc4nn[nH]n4)(C3)C1)C2. The van der Waals surface area contributed by atoms with Gasteiger partial charge < -0.3 is 5.73 Å². The Balaban J connectivity index is 1.68. The van der Waals surface area contributed by atoms with Crippen LogP contribution in [0, 0.1) is 22.7 Å². The van der Waals surface area contributed by atoms with Crippen molar-refractivity contribution in [1.29, 1.82) is 0 Å². The minimum atomic E-state index is -0.242. The number of hydrogen-bond acceptors (Lipinski definition) is 4. The highest BCUT2D eigenvalue weighted by Gasteiger charge is 2.60. The predicted molar refractivity (Wildman–Crippen MR) is 66.6 cm³/mol. The highest BCUT2D eigenvalue weighted by Crippen LogP contribution is 2.65. The van der Waals surface area contributed by atoms with Crippen molar-refractivity contribution in [3.8, 4) is 0 Å². The molecule has 2 atom stereocenters. The van der Waals surface area contributed by atoms with E-state index in [9.17, 15) is 4.79 Å². The molecule has 0 aliphatic heterocycles. The Kier molecular flexibility index (Phi) is 2.13. The van der Waals surface area contributed by atoms with E-state index in [-0.39, 0.29) is 16.7 Å². The molecule has 0 spiro atoms. The van der Waals surface area contributed by atoms with Crippen molar-refractivity contribution in [2.45, 2.75) is 44.9 Å². The minimum Gasteiger partial charge on any atom is -0.369 e. The van der Waals surface area contributed by atoms with Gasteiger partial charge in [-0.15, -0.1) is 10.2 Å². The number of aromatic amines is 1. The summed E-state index contributed by atoms with van der Waals surface area (Å²) in [5.74, 6) is 2.03. The van der Waals surface area contributed by atoms with Gasteiger partial charge in [0.15, 0.2) is 5.82 Å². The van der Waals surface area contributed by atoms with E-state index in [4.69, 9.17) is 5.73 Å². The second-order valence-electron chi connectivity index (χ2n) is 7.11. The number of rotatable bonds is 3. The van der Waals surface area contributed by atoms with Crippen LogP contribution in [0.3, 0.4) is 0 Å². The first kappa shape index (κ1) is 11.4. The topological polar surface area (TPSA) is 97.5 Å². The van der Waals surface area contributed by atoms with Gasteiger partial charge in [0.25, 0.3) is 0 Å². The van der Waals surface area contributed by atoms with Crippen molar-refractivity contribution < 1.29 is 4.79 Å². The lowest BCUT2D eigenvalue weighted by atomic mass is 9.43. The Morgan fingerprint density at radius 3 is 2.63 bits per heavy atom. The average Bonchev–Trinajstić information content (AvgIpc) is 2.78. The first-order chi connectivity index (χ1) is 9.09. The molecule has 5 rings (SSSR count). The summed E-state index contributed by atoms with van der Waals surface area (Å²) in [4.78, 5) is 12.0. The third kappa shape index (κ3) is 1.61. The molecule has 4 saturated carbocycles. The summed E-state index contributed by atoms with van der Waals surface area (Å²) in [6, 6.07) is 0. The summed E-state index contributed by atoms with van der Waals surface area (Å²) < 4.78 is 0. The van der Waals surface area contributed by atoms with Gasteiger partial charge in [-0.3, -0.25) is 4.79 Å². The molecule has 4 aliphatic rings. The highest BCUT2D eigenvalue weighted by atomic mass is 16.1. The van der Waals surface area contributed by atoms with Crippen LogP contribution in [0.15, 0.2) is 0 Å². The Bertz CT molecular complexity index is 497. The molecule has 6 heteroatoms.